The van der Waals surface area contributed by atoms with E-state index in [1.165, 1.54) is 0 Å². The van der Waals surface area contributed by atoms with Crippen molar-refractivity contribution < 1.29 is 9.59 Å². The Hall–Kier alpha value is -1.88. The molecule has 0 aliphatic carbocycles. The Balaban J connectivity index is 1.90. The molecule has 1 aromatic carbocycles. The average Bonchev–Trinajstić information content (AvgIpc) is 2.60. The van der Waals surface area contributed by atoms with Crippen LogP contribution in [0.25, 0.3) is 0 Å². The van der Waals surface area contributed by atoms with Crippen LogP contribution in [-0.2, 0) is 9.59 Å². The maximum atomic E-state index is 13.0. The summed E-state index contributed by atoms with van der Waals surface area (Å²) >= 11 is 0. The summed E-state index contributed by atoms with van der Waals surface area (Å²) in [6.45, 7) is 9.36. The third kappa shape index (κ3) is 5.85. The Morgan fingerprint density at radius 2 is 1.72 bits per heavy atom. The standard InChI is InChI=1S/C20H31N3O2/c1-4-8-18(17-9-6-5-7-10-17)20(25)23-13-11-22(12-14-23)15-19(24)21-16(2)3/h5-7,9-10,16,18H,4,8,11-15H2,1-3H3,(H,21,24). The number of carbonyl (C=O) groups is 2. The molecule has 0 spiro atoms. The van der Waals surface area contributed by atoms with Crippen LogP contribution in [0.5, 0.6) is 0 Å². The zero-order chi connectivity index (χ0) is 18.2. The third-order valence-electron chi connectivity index (χ3n) is 4.58. The van der Waals surface area contributed by atoms with Crippen molar-refractivity contribution in [2.45, 2.75) is 45.6 Å². The fourth-order valence-corrected chi connectivity index (χ4v) is 3.32. The highest BCUT2D eigenvalue weighted by atomic mass is 16.2. The first-order valence-electron chi connectivity index (χ1n) is 9.36. The molecule has 1 aromatic rings. The van der Waals surface area contributed by atoms with Gasteiger partial charge in [-0.2, -0.15) is 0 Å². The van der Waals surface area contributed by atoms with Gasteiger partial charge in [0.2, 0.25) is 11.8 Å². The van der Waals surface area contributed by atoms with Crippen molar-refractivity contribution in [2.24, 2.45) is 0 Å². The van der Waals surface area contributed by atoms with Crippen molar-refractivity contribution in [1.29, 1.82) is 0 Å². The first-order valence-corrected chi connectivity index (χ1v) is 9.36. The highest BCUT2D eigenvalue weighted by molar-refractivity contribution is 5.84. The number of amides is 2. The monoisotopic (exact) mass is 345 g/mol. The number of hydrogen-bond acceptors (Lipinski definition) is 3. The second-order valence-corrected chi connectivity index (χ2v) is 7.08. The molecule has 0 radical (unpaired) electrons. The number of benzene rings is 1. The second-order valence-electron chi connectivity index (χ2n) is 7.08. The van der Waals surface area contributed by atoms with E-state index < -0.39 is 0 Å². The van der Waals surface area contributed by atoms with Gasteiger partial charge in [-0.25, -0.2) is 0 Å². The van der Waals surface area contributed by atoms with Crippen LogP contribution in [-0.4, -0.2) is 60.4 Å². The van der Waals surface area contributed by atoms with Crippen molar-refractivity contribution in [3.63, 3.8) is 0 Å². The molecular weight excluding hydrogens is 314 g/mol. The lowest BCUT2D eigenvalue weighted by atomic mass is 9.93. The number of nitrogens with one attached hydrogen (secondary N) is 1. The van der Waals surface area contributed by atoms with E-state index in [9.17, 15) is 9.59 Å². The van der Waals surface area contributed by atoms with E-state index in [0.717, 1.165) is 31.5 Å². The van der Waals surface area contributed by atoms with Crippen LogP contribution in [0.15, 0.2) is 30.3 Å². The minimum Gasteiger partial charge on any atom is -0.353 e. The summed E-state index contributed by atoms with van der Waals surface area (Å²) in [5.41, 5.74) is 1.10. The molecule has 25 heavy (non-hydrogen) atoms. The molecule has 0 aromatic heterocycles. The zero-order valence-electron chi connectivity index (χ0n) is 15.7. The zero-order valence-corrected chi connectivity index (χ0v) is 15.7. The van der Waals surface area contributed by atoms with Gasteiger partial charge in [0.1, 0.15) is 0 Å². The summed E-state index contributed by atoms with van der Waals surface area (Å²) in [6, 6.07) is 10.2. The maximum absolute atomic E-state index is 13.0. The molecule has 0 bridgehead atoms. The number of rotatable bonds is 7. The summed E-state index contributed by atoms with van der Waals surface area (Å²) in [7, 11) is 0. The van der Waals surface area contributed by atoms with Gasteiger partial charge < -0.3 is 10.2 Å². The van der Waals surface area contributed by atoms with Gasteiger partial charge in [-0.1, -0.05) is 43.7 Å². The minimum absolute atomic E-state index is 0.0537. The van der Waals surface area contributed by atoms with Crippen LogP contribution >= 0.6 is 0 Å². The van der Waals surface area contributed by atoms with Crippen molar-refractivity contribution in [3.05, 3.63) is 35.9 Å². The Morgan fingerprint density at radius 3 is 2.28 bits per heavy atom. The molecule has 1 aliphatic rings. The number of carbonyl (C=O) groups excluding carboxylic acids is 2. The van der Waals surface area contributed by atoms with E-state index in [-0.39, 0.29) is 23.8 Å². The molecule has 1 unspecified atom stereocenters. The highest BCUT2D eigenvalue weighted by Gasteiger charge is 2.28. The minimum atomic E-state index is -0.0537. The maximum Gasteiger partial charge on any atom is 0.234 e. The normalized spacial score (nSPS) is 16.7. The van der Waals surface area contributed by atoms with Crippen LogP contribution in [0.1, 0.15) is 45.1 Å². The fraction of sp³-hybridized carbons (Fsp3) is 0.600. The molecule has 1 aliphatic heterocycles. The Bertz CT molecular complexity index is 551. The summed E-state index contributed by atoms with van der Waals surface area (Å²) in [6.07, 6.45) is 1.86. The molecule has 5 heteroatoms. The number of hydrogen-bond donors (Lipinski definition) is 1. The average molecular weight is 345 g/mol. The van der Waals surface area contributed by atoms with E-state index in [1.807, 2.05) is 49.1 Å². The molecule has 1 atom stereocenters. The predicted octanol–water partition coefficient (Wildman–Crippen LogP) is 2.24. The van der Waals surface area contributed by atoms with Crippen molar-refractivity contribution >= 4 is 11.8 Å². The number of piperazine rings is 1. The lowest BCUT2D eigenvalue weighted by Gasteiger charge is -2.36. The van der Waals surface area contributed by atoms with Gasteiger partial charge in [0.15, 0.2) is 0 Å². The van der Waals surface area contributed by atoms with E-state index in [2.05, 4.69) is 17.1 Å². The molecule has 0 saturated carbocycles. The first kappa shape index (κ1) is 19.4. The number of nitrogens with zero attached hydrogens (tertiary/aromatic N) is 2. The second kappa shape index (κ2) is 9.56. The smallest absolute Gasteiger partial charge is 0.234 e. The Morgan fingerprint density at radius 1 is 1.08 bits per heavy atom. The lowest BCUT2D eigenvalue weighted by molar-refractivity contribution is -0.135. The summed E-state index contributed by atoms with van der Waals surface area (Å²) in [4.78, 5) is 29.0. The van der Waals surface area contributed by atoms with E-state index >= 15 is 0 Å². The van der Waals surface area contributed by atoms with Crippen molar-refractivity contribution in [3.8, 4) is 0 Å². The van der Waals surface area contributed by atoms with E-state index in [1.54, 1.807) is 0 Å². The molecular formula is C20H31N3O2. The lowest BCUT2D eigenvalue weighted by Crippen LogP contribution is -2.52. The van der Waals surface area contributed by atoms with Gasteiger partial charge >= 0.3 is 0 Å². The molecule has 2 rings (SSSR count). The predicted molar refractivity (Wildman–Crippen MR) is 100 cm³/mol. The molecule has 1 N–H and O–H groups in total. The summed E-state index contributed by atoms with van der Waals surface area (Å²) in [5.74, 6) is 0.226. The highest BCUT2D eigenvalue weighted by Crippen LogP contribution is 2.24. The Labute approximate surface area is 151 Å². The van der Waals surface area contributed by atoms with E-state index in [4.69, 9.17) is 0 Å². The van der Waals surface area contributed by atoms with Crippen molar-refractivity contribution in [1.82, 2.24) is 15.1 Å². The topological polar surface area (TPSA) is 52.7 Å². The van der Waals surface area contributed by atoms with Crippen molar-refractivity contribution in [2.75, 3.05) is 32.7 Å². The van der Waals surface area contributed by atoms with Gasteiger partial charge in [0.05, 0.1) is 12.5 Å². The fourth-order valence-electron chi connectivity index (χ4n) is 3.32. The van der Waals surface area contributed by atoms with Crippen LogP contribution in [0.2, 0.25) is 0 Å². The SMILES string of the molecule is CCCC(C(=O)N1CCN(CC(=O)NC(C)C)CC1)c1ccccc1. The summed E-state index contributed by atoms with van der Waals surface area (Å²) in [5, 5.41) is 2.92. The molecule has 1 saturated heterocycles. The Kier molecular flexibility index (Phi) is 7.44. The van der Waals surface area contributed by atoms with E-state index in [0.29, 0.717) is 19.6 Å². The largest absolute Gasteiger partial charge is 0.353 e. The molecule has 2 amide bonds. The quantitative estimate of drug-likeness (QED) is 0.824. The van der Waals surface area contributed by atoms with Crippen LogP contribution in [0, 0.1) is 0 Å². The van der Waals surface area contributed by atoms with Gasteiger partial charge in [0.25, 0.3) is 0 Å². The molecule has 1 fully saturated rings. The van der Waals surface area contributed by atoms with Crippen LogP contribution in [0.3, 0.4) is 0 Å². The van der Waals surface area contributed by atoms with Gasteiger partial charge in [-0.3, -0.25) is 14.5 Å². The van der Waals surface area contributed by atoms with Gasteiger partial charge in [0, 0.05) is 32.2 Å². The molecule has 138 valence electrons. The molecule has 5 nitrogen and oxygen atoms in total. The van der Waals surface area contributed by atoms with Gasteiger partial charge in [-0.15, -0.1) is 0 Å². The summed E-state index contributed by atoms with van der Waals surface area (Å²) < 4.78 is 0. The molecule has 1 heterocycles. The van der Waals surface area contributed by atoms with Gasteiger partial charge in [-0.05, 0) is 25.8 Å². The third-order valence-corrected chi connectivity index (χ3v) is 4.58. The van der Waals surface area contributed by atoms with Crippen LogP contribution < -0.4 is 5.32 Å². The first-order chi connectivity index (χ1) is 12.0. The van der Waals surface area contributed by atoms with Crippen LogP contribution in [0.4, 0.5) is 0 Å².